The Labute approximate surface area is 157 Å². The van der Waals surface area contributed by atoms with E-state index < -0.39 is 0 Å². The molecule has 1 heterocycles. The SMILES string of the molecule is CCCOc1ccc(C(=O)CCC(=O)NC2CCN(C(C)C)CC2)cc1. The van der Waals surface area contributed by atoms with E-state index in [0.29, 0.717) is 18.2 Å². The number of carbonyl (C=O) groups excluding carboxylic acids is 2. The Morgan fingerprint density at radius 2 is 1.81 bits per heavy atom. The van der Waals surface area contributed by atoms with Crippen molar-refractivity contribution in [3.63, 3.8) is 0 Å². The lowest BCUT2D eigenvalue weighted by molar-refractivity contribution is -0.122. The van der Waals surface area contributed by atoms with Crippen molar-refractivity contribution in [2.75, 3.05) is 19.7 Å². The molecule has 1 N–H and O–H groups in total. The average Bonchev–Trinajstić information content (AvgIpc) is 2.65. The minimum atomic E-state index is -0.0238. The molecule has 0 spiro atoms. The molecule has 1 amide bonds. The van der Waals surface area contributed by atoms with Crippen molar-refractivity contribution in [2.45, 2.75) is 65.0 Å². The molecule has 0 saturated carbocycles. The van der Waals surface area contributed by atoms with Crippen LogP contribution in [0.3, 0.4) is 0 Å². The highest BCUT2D eigenvalue weighted by Crippen LogP contribution is 2.15. The number of rotatable bonds is 9. The molecule has 1 aliphatic heterocycles. The summed E-state index contributed by atoms with van der Waals surface area (Å²) in [6.45, 7) is 9.17. The number of carbonyl (C=O) groups is 2. The first kappa shape index (κ1) is 20.4. The fraction of sp³-hybridized carbons (Fsp3) is 0.619. The molecular weight excluding hydrogens is 328 g/mol. The zero-order chi connectivity index (χ0) is 18.9. The molecule has 26 heavy (non-hydrogen) atoms. The van der Waals surface area contributed by atoms with E-state index in [-0.39, 0.29) is 30.6 Å². The number of Topliss-reactive ketones (excluding diaryl/α,β-unsaturated/α-hetero) is 1. The van der Waals surface area contributed by atoms with Crippen LogP contribution >= 0.6 is 0 Å². The van der Waals surface area contributed by atoms with E-state index in [4.69, 9.17) is 4.74 Å². The lowest BCUT2D eigenvalue weighted by Crippen LogP contribution is -2.46. The number of ketones is 1. The Morgan fingerprint density at radius 3 is 2.38 bits per heavy atom. The van der Waals surface area contributed by atoms with Gasteiger partial charge in [-0.3, -0.25) is 9.59 Å². The van der Waals surface area contributed by atoms with Gasteiger partial charge in [0.15, 0.2) is 5.78 Å². The summed E-state index contributed by atoms with van der Waals surface area (Å²) in [5, 5.41) is 3.08. The minimum absolute atomic E-state index is 0.00295. The number of benzene rings is 1. The summed E-state index contributed by atoms with van der Waals surface area (Å²) < 4.78 is 5.52. The van der Waals surface area contributed by atoms with Crippen LogP contribution in [0.5, 0.6) is 5.75 Å². The normalized spacial score (nSPS) is 15.8. The molecule has 0 radical (unpaired) electrons. The monoisotopic (exact) mass is 360 g/mol. The Hall–Kier alpha value is -1.88. The summed E-state index contributed by atoms with van der Waals surface area (Å²) in [4.78, 5) is 26.8. The highest BCUT2D eigenvalue weighted by atomic mass is 16.5. The van der Waals surface area contributed by atoms with E-state index in [0.717, 1.165) is 38.1 Å². The number of ether oxygens (including phenoxy) is 1. The molecule has 2 rings (SSSR count). The van der Waals surface area contributed by atoms with Crippen molar-refractivity contribution in [2.24, 2.45) is 0 Å². The van der Waals surface area contributed by atoms with Gasteiger partial charge in [-0.05, 0) is 57.4 Å². The van der Waals surface area contributed by atoms with E-state index in [1.807, 2.05) is 12.1 Å². The summed E-state index contributed by atoms with van der Waals surface area (Å²) >= 11 is 0. The third-order valence-electron chi connectivity index (χ3n) is 4.85. The number of piperidine rings is 1. The molecule has 0 atom stereocenters. The second-order valence-corrected chi connectivity index (χ2v) is 7.27. The molecule has 1 aromatic rings. The molecule has 0 bridgehead atoms. The van der Waals surface area contributed by atoms with E-state index in [2.05, 4.69) is 31.0 Å². The van der Waals surface area contributed by atoms with Crippen molar-refractivity contribution < 1.29 is 14.3 Å². The Kier molecular flexibility index (Phi) is 8.10. The third-order valence-corrected chi connectivity index (χ3v) is 4.85. The fourth-order valence-electron chi connectivity index (χ4n) is 3.19. The number of nitrogens with zero attached hydrogens (tertiary/aromatic N) is 1. The van der Waals surface area contributed by atoms with Crippen molar-refractivity contribution in [3.05, 3.63) is 29.8 Å². The minimum Gasteiger partial charge on any atom is -0.494 e. The van der Waals surface area contributed by atoms with Crippen LogP contribution in [0, 0.1) is 0 Å². The van der Waals surface area contributed by atoms with Gasteiger partial charge in [0, 0.05) is 43.6 Å². The maximum absolute atomic E-state index is 12.3. The van der Waals surface area contributed by atoms with Crippen molar-refractivity contribution >= 4 is 11.7 Å². The predicted octanol–water partition coefficient (Wildman–Crippen LogP) is 3.43. The summed E-state index contributed by atoms with van der Waals surface area (Å²) in [5.41, 5.74) is 0.631. The molecule has 5 heteroatoms. The lowest BCUT2D eigenvalue weighted by Gasteiger charge is -2.34. The summed E-state index contributed by atoms with van der Waals surface area (Å²) in [7, 11) is 0. The second kappa shape index (κ2) is 10.3. The molecule has 5 nitrogen and oxygen atoms in total. The number of hydrogen-bond donors (Lipinski definition) is 1. The van der Waals surface area contributed by atoms with E-state index in [9.17, 15) is 9.59 Å². The molecule has 1 aromatic carbocycles. The smallest absolute Gasteiger partial charge is 0.220 e. The van der Waals surface area contributed by atoms with Crippen LogP contribution in [0.4, 0.5) is 0 Å². The van der Waals surface area contributed by atoms with Gasteiger partial charge >= 0.3 is 0 Å². The van der Waals surface area contributed by atoms with E-state index in [1.54, 1.807) is 12.1 Å². The van der Waals surface area contributed by atoms with Gasteiger partial charge in [0.1, 0.15) is 5.75 Å². The summed E-state index contributed by atoms with van der Waals surface area (Å²) in [6, 6.07) is 7.96. The molecule has 144 valence electrons. The van der Waals surface area contributed by atoms with Crippen LogP contribution in [0.15, 0.2) is 24.3 Å². The predicted molar refractivity (Wildman–Crippen MR) is 104 cm³/mol. The van der Waals surface area contributed by atoms with Gasteiger partial charge in [-0.2, -0.15) is 0 Å². The molecule has 0 unspecified atom stereocenters. The lowest BCUT2D eigenvalue weighted by atomic mass is 10.0. The number of amides is 1. The zero-order valence-corrected chi connectivity index (χ0v) is 16.3. The first-order chi connectivity index (χ1) is 12.5. The van der Waals surface area contributed by atoms with Gasteiger partial charge in [-0.15, -0.1) is 0 Å². The van der Waals surface area contributed by atoms with E-state index in [1.165, 1.54) is 0 Å². The zero-order valence-electron chi connectivity index (χ0n) is 16.3. The molecule has 1 saturated heterocycles. The molecule has 1 aliphatic rings. The van der Waals surface area contributed by atoms with Crippen molar-refractivity contribution in [1.29, 1.82) is 0 Å². The van der Waals surface area contributed by atoms with Gasteiger partial charge in [0.05, 0.1) is 6.61 Å². The van der Waals surface area contributed by atoms with Crippen LogP contribution in [0.2, 0.25) is 0 Å². The second-order valence-electron chi connectivity index (χ2n) is 7.27. The van der Waals surface area contributed by atoms with Crippen LogP contribution in [-0.2, 0) is 4.79 Å². The third kappa shape index (κ3) is 6.45. The summed E-state index contributed by atoms with van der Waals surface area (Å²) in [6.07, 6.45) is 3.41. The fourth-order valence-corrected chi connectivity index (χ4v) is 3.19. The molecule has 0 aromatic heterocycles. The maximum Gasteiger partial charge on any atom is 0.220 e. The van der Waals surface area contributed by atoms with Gasteiger partial charge < -0.3 is 15.0 Å². The van der Waals surface area contributed by atoms with Crippen LogP contribution in [-0.4, -0.2) is 48.4 Å². The first-order valence-electron chi connectivity index (χ1n) is 9.79. The average molecular weight is 360 g/mol. The Morgan fingerprint density at radius 1 is 1.15 bits per heavy atom. The first-order valence-corrected chi connectivity index (χ1v) is 9.79. The van der Waals surface area contributed by atoms with Crippen LogP contribution in [0.1, 0.15) is 63.2 Å². The van der Waals surface area contributed by atoms with Gasteiger partial charge in [-0.25, -0.2) is 0 Å². The quantitative estimate of drug-likeness (QED) is 0.686. The Bertz CT molecular complexity index is 575. The van der Waals surface area contributed by atoms with Gasteiger partial charge in [-0.1, -0.05) is 6.92 Å². The molecular formula is C21H32N2O3. The highest BCUT2D eigenvalue weighted by molar-refractivity contribution is 5.98. The number of hydrogen-bond acceptors (Lipinski definition) is 4. The maximum atomic E-state index is 12.3. The number of nitrogens with one attached hydrogen (secondary N) is 1. The summed E-state index contributed by atoms with van der Waals surface area (Å²) in [5.74, 6) is 0.745. The largest absolute Gasteiger partial charge is 0.494 e. The van der Waals surface area contributed by atoms with Crippen molar-refractivity contribution in [3.8, 4) is 5.75 Å². The van der Waals surface area contributed by atoms with Crippen LogP contribution < -0.4 is 10.1 Å². The Balaban J connectivity index is 1.71. The van der Waals surface area contributed by atoms with Crippen LogP contribution in [0.25, 0.3) is 0 Å². The highest BCUT2D eigenvalue weighted by Gasteiger charge is 2.22. The van der Waals surface area contributed by atoms with Gasteiger partial charge in [0.2, 0.25) is 5.91 Å². The molecule has 0 aliphatic carbocycles. The van der Waals surface area contributed by atoms with Crippen molar-refractivity contribution in [1.82, 2.24) is 10.2 Å². The standard InChI is InChI=1S/C21H32N2O3/c1-4-15-26-19-7-5-17(6-8-19)20(24)9-10-21(25)22-18-11-13-23(14-12-18)16(2)3/h5-8,16,18H,4,9-15H2,1-3H3,(H,22,25). The van der Waals surface area contributed by atoms with Gasteiger partial charge in [0.25, 0.3) is 0 Å². The van der Waals surface area contributed by atoms with E-state index >= 15 is 0 Å². The number of likely N-dealkylation sites (tertiary alicyclic amines) is 1. The molecule has 1 fully saturated rings. The topological polar surface area (TPSA) is 58.6 Å².